The topological polar surface area (TPSA) is 84.4 Å². The number of fused-ring (bicyclic) bond motifs is 1. The molecule has 1 fully saturated rings. The first-order valence-corrected chi connectivity index (χ1v) is 11.4. The zero-order chi connectivity index (χ0) is 23.1. The summed E-state index contributed by atoms with van der Waals surface area (Å²) in [4.78, 5) is 18.1. The van der Waals surface area contributed by atoms with Crippen molar-refractivity contribution in [1.29, 1.82) is 0 Å². The molecule has 1 atom stereocenters. The molecular formula is C26H28N4O3. The van der Waals surface area contributed by atoms with Gasteiger partial charge < -0.3 is 14.2 Å². The van der Waals surface area contributed by atoms with Gasteiger partial charge in [-0.25, -0.2) is 0 Å². The molecule has 0 aliphatic carbocycles. The van der Waals surface area contributed by atoms with Gasteiger partial charge in [-0.3, -0.25) is 9.69 Å². The number of aromatic nitrogens is 3. The quantitative estimate of drug-likeness (QED) is 0.443. The van der Waals surface area contributed by atoms with Gasteiger partial charge in [-0.1, -0.05) is 23.4 Å². The Bertz CT molecular complexity index is 1320. The van der Waals surface area contributed by atoms with Crippen molar-refractivity contribution in [3.05, 3.63) is 59.8 Å². The lowest BCUT2D eigenvalue weighted by Gasteiger charge is -2.16. The molecular weight excluding hydrogens is 416 g/mol. The maximum absolute atomic E-state index is 11.2. The van der Waals surface area contributed by atoms with E-state index < -0.39 is 5.97 Å². The third kappa shape index (κ3) is 4.16. The maximum Gasteiger partial charge on any atom is 0.307 e. The molecule has 1 aliphatic heterocycles. The summed E-state index contributed by atoms with van der Waals surface area (Å²) >= 11 is 0. The number of aliphatic carboxylic acids is 1. The number of benzene rings is 2. The minimum atomic E-state index is -0.700. The van der Waals surface area contributed by atoms with Crippen LogP contribution < -0.4 is 0 Å². The van der Waals surface area contributed by atoms with Gasteiger partial charge in [0, 0.05) is 47.4 Å². The molecule has 0 amide bonds. The molecule has 0 spiro atoms. The summed E-state index contributed by atoms with van der Waals surface area (Å²) in [6.45, 7) is 8.55. The van der Waals surface area contributed by atoms with Crippen LogP contribution in [0.1, 0.15) is 37.4 Å². The summed E-state index contributed by atoms with van der Waals surface area (Å²) < 4.78 is 7.85. The molecule has 2 aromatic carbocycles. The molecule has 1 saturated heterocycles. The van der Waals surface area contributed by atoms with E-state index in [1.165, 1.54) is 5.52 Å². The monoisotopic (exact) mass is 444 g/mol. The van der Waals surface area contributed by atoms with E-state index in [1.54, 1.807) is 0 Å². The summed E-state index contributed by atoms with van der Waals surface area (Å²) in [5.41, 5.74) is 5.25. The second-order valence-corrected chi connectivity index (χ2v) is 9.22. The Labute approximate surface area is 192 Å². The minimum absolute atomic E-state index is 0.258. The van der Waals surface area contributed by atoms with E-state index in [9.17, 15) is 9.90 Å². The summed E-state index contributed by atoms with van der Waals surface area (Å²) in [5.74, 6) is 0.116. The standard InChI is InChI=1S/C26H28N4O3/c1-16(2)30-11-9-19-13-20(5-7-23(19)30)25-27-24(28-33-25)22-6-4-18(12-17(22)3)14-29-10-8-21(15-29)26(31)32/h4-7,9,11-13,16,21H,8,10,14-15H2,1-3H3,(H,31,32)/t21-/m0/s1. The van der Waals surface area contributed by atoms with Crippen LogP contribution in [0.2, 0.25) is 0 Å². The number of hydrogen-bond donors (Lipinski definition) is 1. The fraction of sp³-hybridized carbons (Fsp3) is 0.346. The highest BCUT2D eigenvalue weighted by atomic mass is 16.5. The maximum atomic E-state index is 11.2. The number of rotatable bonds is 6. The average Bonchev–Trinajstić information content (AvgIpc) is 3.52. The zero-order valence-corrected chi connectivity index (χ0v) is 19.2. The van der Waals surface area contributed by atoms with Crippen molar-refractivity contribution in [1.82, 2.24) is 19.6 Å². The molecule has 0 radical (unpaired) electrons. The highest BCUT2D eigenvalue weighted by Crippen LogP contribution is 2.29. The summed E-state index contributed by atoms with van der Waals surface area (Å²) in [6.07, 6.45) is 2.82. The molecule has 7 nitrogen and oxygen atoms in total. The predicted octanol–water partition coefficient (Wildman–Crippen LogP) is 5.15. The molecule has 5 rings (SSSR count). The van der Waals surface area contributed by atoms with E-state index >= 15 is 0 Å². The van der Waals surface area contributed by atoms with Gasteiger partial charge in [0.15, 0.2) is 0 Å². The highest BCUT2D eigenvalue weighted by molar-refractivity contribution is 5.84. The first-order chi connectivity index (χ1) is 15.9. The summed E-state index contributed by atoms with van der Waals surface area (Å²) in [6, 6.07) is 14.9. The average molecular weight is 445 g/mol. The van der Waals surface area contributed by atoms with Crippen molar-refractivity contribution in [2.75, 3.05) is 13.1 Å². The van der Waals surface area contributed by atoms with Crippen LogP contribution in [0.15, 0.2) is 53.2 Å². The van der Waals surface area contributed by atoms with Crippen molar-refractivity contribution in [2.24, 2.45) is 5.92 Å². The van der Waals surface area contributed by atoms with Crippen LogP contribution in [0, 0.1) is 12.8 Å². The number of nitrogens with zero attached hydrogens (tertiary/aromatic N) is 4. The number of likely N-dealkylation sites (tertiary alicyclic amines) is 1. The fourth-order valence-corrected chi connectivity index (χ4v) is 4.71. The second kappa shape index (κ2) is 8.48. The molecule has 7 heteroatoms. The van der Waals surface area contributed by atoms with Crippen molar-refractivity contribution in [3.8, 4) is 22.8 Å². The van der Waals surface area contributed by atoms with Crippen molar-refractivity contribution in [2.45, 2.75) is 39.8 Å². The van der Waals surface area contributed by atoms with Crippen molar-refractivity contribution < 1.29 is 14.4 Å². The van der Waals surface area contributed by atoms with Crippen LogP contribution in [0.4, 0.5) is 0 Å². The van der Waals surface area contributed by atoms with Crippen molar-refractivity contribution >= 4 is 16.9 Å². The van der Waals surface area contributed by atoms with Gasteiger partial charge in [-0.05, 0) is 69.1 Å². The Balaban J connectivity index is 1.34. The second-order valence-electron chi connectivity index (χ2n) is 9.22. The Kier molecular flexibility index (Phi) is 5.50. The van der Waals surface area contributed by atoms with Crippen LogP contribution in [-0.4, -0.2) is 43.8 Å². The number of carboxylic acid groups (broad SMARTS) is 1. The van der Waals surface area contributed by atoms with Gasteiger partial charge in [0.1, 0.15) is 0 Å². The van der Waals surface area contributed by atoms with E-state index in [0.717, 1.165) is 40.7 Å². The van der Waals surface area contributed by atoms with Gasteiger partial charge in [0.2, 0.25) is 5.82 Å². The van der Waals surface area contributed by atoms with Gasteiger partial charge in [0.25, 0.3) is 5.89 Å². The van der Waals surface area contributed by atoms with Crippen molar-refractivity contribution in [3.63, 3.8) is 0 Å². The van der Waals surface area contributed by atoms with E-state index in [-0.39, 0.29) is 5.92 Å². The Hall–Kier alpha value is -3.45. The van der Waals surface area contributed by atoms with Crippen LogP contribution in [0.25, 0.3) is 33.7 Å². The Morgan fingerprint density at radius 3 is 2.79 bits per heavy atom. The number of carbonyl (C=O) groups is 1. The fourth-order valence-electron chi connectivity index (χ4n) is 4.71. The van der Waals surface area contributed by atoms with Gasteiger partial charge in [0.05, 0.1) is 5.92 Å². The molecule has 0 unspecified atom stereocenters. The number of hydrogen-bond acceptors (Lipinski definition) is 5. The number of carboxylic acids is 1. The lowest BCUT2D eigenvalue weighted by molar-refractivity contribution is -0.141. The molecule has 33 heavy (non-hydrogen) atoms. The first-order valence-electron chi connectivity index (χ1n) is 11.4. The summed E-state index contributed by atoms with van der Waals surface area (Å²) in [7, 11) is 0. The van der Waals surface area contributed by atoms with Crippen LogP contribution in [-0.2, 0) is 11.3 Å². The van der Waals surface area contributed by atoms with Gasteiger partial charge >= 0.3 is 5.97 Å². The molecule has 4 aromatic rings. The highest BCUT2D eigenvalue weighted by Gasteiger charge is 2.27. The molecule has 1 N–H and O–H groups in total. The lowest BCUT2D eigenvalue weighted by Crippen LogP contribution is -2.22. The Morgan fingerprint density at radius 1 is 1.21 bits per heavy atom. The lowest BCUT2D eigenvalue weighted by atomic mass is 10.0. The van der Waals surface area contributed by atoms with E-state index in [4.69, 9.17) is 4.52 Å². The van der Waals surface area contributed by atoms with Crippen LogP contribution in [0.5, 0.6) is 0 Å². The predicted molar refractivity (Wildman–Crippen MR) is 127 cm³/mol. The third-order valence-electron chi connectivity index (χ3n) is 6.51. The number of aryl methyl sites for hydroxylation is 1. The van der Waals surface area contributed by atoms with Gasteiger partial charge in [-0.15, -0.1) is 0 Å². The molecule has 3 heterocycles. The zero-order valence-electron chi connectivity index (χ0n) is 19.2. The van der Waals surface area contributed by atoms with E-state index in [2.05, 4.69) is 70.0 Å². The van der Waals surface area contributed by atoms with Crippen LogP contribution in [0.3, 0.4) is 0 Å². The van der Waals surface area contributed by atoms with Crippen LogP contribution >= 0.6 is 0 Å². The summed E-state index contributed by atoms with van der Waals surface area (Å²) in [5, 5.41) is 14.6. The molecule has 0 saturated carbocycles. The molecule has 1 aliphatic rings. The minimum Gasteiger partial charge on any atom is -0.481 e. The normalized spacial score (nSPS) is 16.8. The first kappa shape index (κ1) is 21.4. The molecule has 170 valence electrons. The van der Waals surface area contributed by atoms with Gasteiger partial charge in [-0.2, -0.15) is 4.98 Å². The SMILES string of the molecule is Cc1cc(CN2CC[C@H](C(=O)O)C2)ccc1-c1noc(-c2ccc3c(ccn3C(C)C)c2)n1. The molecule has 0 bridgehead atoms. The third-order valence-corrected chi connectivity index (χ3v) is 6.51. The smallest absolute Gasteiger partial charge is 0.307 e. The van der Waals surface area contributed by atoms with E-state index in [1.807, 2.05) is 19.1 Å². The van der Waals surface area contributed by atoms with E-state index in [0.29, 0.717) is 30.7 Å². The Morgan fingerprint density at radius 2 is 2.06 bits per heavy atom. The largest absolute Gasteiger partial charge is 0.481 e. The molecule has 2 aromatic heterocycles.